The Morgan fingerprint density at radius 2 is 2.20 bits per heavy atom. The first-order chi connectivity index (χ1) is 9.56. The van der Waals surface area contributed by atoms with Gasteiger partial charge < -0.3 is 20.5 Å². The minimum absolute atomic E-state index is 0.0238. The number of amides is 2. The molecular weight excluding hydrogens is 262 g/mol. The van der Waals surface area contributed by atoms with Crippen LogP contribution in [0.1, 0.15) is 29.4 Å². The number of nitrogens with one attached hydrogen (secondary N) is 2. The van der Waals surface area contributed by atoms with Gasteiger partial charge in [0, 0.05) is 19.9 Å². The van der Waals surface area contributed by atoms with Gasteiger partial charge in [-0.05, 0) is 18.1 Å². The zero-order valence-electron chi connectivity index (χ0n) is 11.5. The van der Waals surface area contributed by atoms with Crippen molar-refractivity contribution in [2.75, 3.05) is 13.7 Å². The number of nitrogens with zero attached hydrogens (tertiary/aromatic N) is 1. The lowest BCUT2D eigenvalue weighted by Gasteiger charge is -2.16. The van der Waals surface area contributed by atoms with Gasteiger partial charge >= 0.3 is 12.0 Å². The van der Waals surface area contributed by atoms with Gasteiger partial charge in [0.25, 0.3) is 0 Å². The van der Waals surface area contributed by atoms with Crippen LogP contribution in [0.3, 0.4) is 0 Å². The van der Waals surface area contributed by atoms with Crippen LogP contribution in [0.15, 0.2) is 18.3 Å². The van der Waals surface area contributed by atoms with Crippen molar-refractivity contribution in [3.63, 3.8) is 0 Å². The van der Waals surface area contributed by atoms with E-state index in [9.17, 15) is 9.59 Å². The summed E-state index contributed by atoms with van der Waals surface area (Å²) in [5, 5.41) is 14.2. The van der Waals surface area contributed by atoms with Gasteiger partial charge in [0.15, 0.2) is 0 Å². The predicted molar refractivity (Wildman–Crippen MR) is 72.5 cm³/mol. The number of methoxy groups -OCH3 is 1. The first-order valence-electron chi connectivity index (χ1n) is 6.28. The number of aromatic carboxylic acids is 1. The van der Waals surface area contributed by atoms with Gasteiger partial charge in [0.2, 0.25) is 0 Å². The Bertz CT molecular complexity index is 447. The molecule has 1 atom stereocenters. The summed E-state index contributed by atoms with van der Waals surface area (Å²) in [4.78, 5) is 26.1. The SMILES string of the molecule is CCC(COC)NC(=O)NCc1ccc(C(=O)O)nc1. The van der Waals surface area contributed by atoms with Crippen LogP contribution in [0.25, 0.3) is 0 Å². The quantitative estimate of drug-likeness (QED) is 0.692. The third-order valence-electron chi connectivity index (χ3n) is 2.69. The zero-order valence-corrected chi connectivity index (χ0v) is 11.5. The van der Waals surface area contributed by atoms with E-state index in [2.05, 4.69) is 15.6 Å². The van der Waals surface area contributed by atoms with Crippen LogP contribution < -0.4 is 10.6 Å². The molecule has 0 fully saturated rings. The Morgan fingerprint density at radius 1 is 1.45 bits per heavy atom. The molecule has 0 spiro atoms. The molecule has 0 aliphatic heterocycles. The van der Waals surface area contributed by atoms with Crippen molar-refractivity contribution in [2.45, 2.75) is 25.9 Å². The molecule has 1 unspecified atom stereocenters. The van der Waals surface area contributed by atoms with Crippen molar-refractivity contribution in [3.05, 3.63) is 29.6 Å². The number of carboxylic acid groups (broad SMARTS) is 1. The molecule has 20 heavy (non-hydrogen) atoms. The van der Waals surface area contributed by atoms with E-state index >= 15 is 0 Å². The molecule has 0 saturated carbocycles. The number of aromatic nitrogens is 1. The summed E-state index contributed by atoms with van der Waals surface area (Å²) in [5.74, 6) is -1.08. The van der Waals surface area contributed by atoms with Crippen molar-refractivity contribution >= 4 is 12.0 Å². The monoisotopic (exact) mass is 281 g/mol. The van der Waals surface area contributed by atoms with Gasteiger partial charge in [-0.1, -0.05) is 13.0 Å². The molecule has 2 amide bonds. The minimum atomic E-state index is -1.08. The van der Waals surface area contributed by atoms with Crippen LogP contribution in [-0.4, -0.2) is 41.8 Å². The molecule has 0 saturated heterocycles. The summed E-state index contributed by atoms with van der Waals surface area (Å²) >= 11 is 0. The highest BCUT2D eigenvalue weighted by Gasteiger charge is 2.09. The fourth-order valence-corrected chi connectivity index (χ4v) is 1.54. The van der Waals surface area contributed by atoms with E-state index in [1.54, 1.807) is 13.2 Å². The number of rotatable bonds is 7. The molecule has 0 aliphatic rings. The van der Waals surface area contributed by atoms with Gasteiger partial charge in [0.1, 0.15) is 5.69 Å². The Labute approximate surface area is 117 Å². The largest absolute Gasteiger partial charge is 0.477 e. The maximum atomic E-state index is 11.6. The van der Waals surface area contributed by atoms with E-state index in [-0.39, 0.29) is 24.3 Å². The second-order valence-electron chi connectivity index (χ2n) is 4.24. The molecular formula is C13H19N3O4. The summed E-state index contributed by atoms with van der Waals surface area (Å²) in [6.07, 6.45) is 2.20. The van der Waals surface area contributed by atoms with E-state index in [1.165, 1.54) is 12.3 Å². The molecule has 0 radical (unpaired) electrons. The van der Waals surface area contributed by atoms with Crippen LogP contribution in [0, 0.1) is 0 Å². The topological polar surface area (TPSA) is 101 Å². The van der Waals surface area contributed by atoms with Crippen molar-refractivity contribution in [2.24, 2.45) is 0 Å². The fraction of sp³-hybridized carbons (Fsp3) is 0.462. The lowest BCUT2D eigenvalue weighted by atomic mass is 10.2. The lowest BCUT2D eigenvalue weighted by molar-refractivity contribution is 0.0690. The average molecular weight is 281 g/mol. The molecule has 0 aliphatic carbocycles. The van der Waals surface area contributed by atoms with E-state index in [4.69, 9.17) is 9.84 Å². The number of pyridine rings is 1. The zero-order chi connectivity index (χ0) is 15.0. The molecule has 3 N–H and O–H groups in total. The summed E-state index contributed by atoms with van der Waals surface area (Å²) < 4.78 is 4.99. The molecule has 1 heterocycles. The average Bonchev–Trinajstić information content (AvgIpc) is 2.45. The van der Waals surface area contributed by atoms with Gasteiger partial charge in [-0.2, -0.15) is 0 Å². The summed E-state index contributed by atoms with van der Waals surface area (Å²) in [6, 6.07) is 2.68. The molecule has 7 nitrogen and oxygen atoms in total. The molecule has 110 valence electrons. The van der Waals surface area contributed by atoms with Crippen LogP contribution in [0.5, 0.6) is 0 Å². The Hall–Kier alpha value is -2.15. The second kappa shape index (κ2) is 8.11. The number of carbonyl (C=O) groups is 2. The highest BCUT2D eigenvalue weighted by Crippen LogP contribution is 2.00. The predicted octanol–water partition coefficient (Wildman–Crippen LogP) is 1.00. The van der Waals surface area contributed by atoms with Crippen LogP contribution in [0.4, 0.5) is 4.79 Å². The van der Waals surface area contributed by atoms with E-state index in [1.807, 2.05) is 6.92 Å². The highest BCUT2D eigenvalue weighted by molar-refractivity contribution is 5.85. The number of urea groups is 1. The number of carboxylic acids is 1. The maximum absolute atomic E-state index is 11.6. The van der Waals surface area contributed by atoms with Crippen molar-refractivity contribution in [1.82, 2.24) is 15.6 Å². The van der Waals surface area contributed by atoms with E-state index < -0.39 is 5.97 Å². The van der Waals surface area contributed by atoms with Crippen LogP contribution >= 0.6 is 0 Å². The van der Waals surface area contributed by atoms with E-state index in [0.717, 1.165) is 12.0 Å². The highest BCUT2D eigenvalue weighted by atomic mass is 16.5. The summed E-state index contributed by atoms with van der Waals surface area (Å²) in [5.41, 5.74) is 0.703. The Kier molecular flexibility index (Phi) is 6.45. The fourth-order valence-electron chi connectivity index (χ4n) is 1.54. The van der Waals surface area contributed by atoms with Crippen LogP contribution in [-0.2, 0) is 11.3 Å². The second-order valence-corrected chi connectivity index (χ2v) is 4.24. The van der Waals surface area contributed by atoms with Crippen LogP contribution in [0.2, 0.25) is 0 Å². The summed E-state index contributed by atoms with van der Waals surface area (Å²) in [6.45, 7) is 2.69. The molecule has 1 aromatic heterocycles. The molecule has 7 heteroatoms. The normalized spacial score (nSPS) is 11.7. The standard InChI is InChI=1S/C13H19N3O4/c1-3-10(8-20-2)16-13(19)15-7-9-4-5-11(12(17)18)14-6-9/h4-6,10H,3,7-8H2,1-2H3,(H,17,18)(H2,15,16,19). The number of ether oxygens (including phenoxy) is 1. The van der Waals surface area contributed by atoms with Crippen molar-refractivity contribution in [1.29, 1.82) is 0 Å². The minimum Gasteiger partial charge on any atom is -0.477 e. The summed E-state index contributed by atoms with van der Waals surface area (Å²) in [7, 11) is 1.58. The van der Waals surface area contributed by atoms with Crippen molar-refractivity contribution < 1.29 is 19.4 Å². The maximum Gasteiger partial charge on any atom is 0.354 e. The van der Waals surface area contributed by atoms with Gasteiger partial charge in [-0.3, -0.25) is 0 Å². The number of hydrogen-bond acceptors (Lipinski definition) is 4. The third kappa shape index (κ3) is 5.23. The van der Waals surface area contributed by atoms with Gasteiger partial charge in [-0.25, -0.2) is 14.6 Å². The Morgan fingerprint density at radius 3 is 2.70 bits per heavy atom. The number of carbonyl (C=O) groups excluding carboxylic acids is 1. The molecule has 1 aromatic rings. The van der Waals surface area contributed by atoms with Gasteiger partial charge in [-0.15, -0.1) is 0 Å². The lowest BCUT2D eigenvalue weighted by Crippen LogP contribution is -2.43. The molecule has 0 aromatic carbocycles. The smallest absolute Gasteiger partial charge is 0.354 e. The van der Waals surface area contributed by atoms with Gasteiger partial charge in [0.05, 0.1) is 12.6 Å². The molecule has 0 bridgehead atoms. The first-order valence-corrected chi connectivity index (χ1v) is 6.28. The Balaban J connectivity index is 2.42. The number of hydrogen-bond donors (Lipinski definition) is 3. The molecule has 1 rings (SSSR count). The van der Waals surface area contributed by atoms with E-state index in [0.29, 0.717) is 6.61 Å². The van der Waals surface area contributed by atoms with Crippen molar-refractivity contribution in [3.8, 4) is 0 Å². The first kappa shape index (κ1) is 15.9. The third-order valence-corrected chi connectivity index (χ3v) is 2.69.